The Hall–Kier alpha value is -1.92. The molecule has 0 atom stereocenters. The third kappa shape index (κ3) is 2.16. The second kappa shape index (κ2) is 5.32. The highest BCUT2D eigenvalue weighted by atomic mass is 35.5. The molecule has 0 radical (unpaired) electrons. The van der Waals surface area contributed by atoms with Crippen molar-refractivity contribution < 1.29 is 9.53 Å². The fourth-order valence-electron chi connectivity index (χ4n) is 3.22. The van der Waals surface area contributed by atoms with Gasteiger partial charge in [-0.05, 0) is 31.0 Å². The van der Waals surface area contributed by atoms with Crippen molar-refractivity contribution >= 4 is 17.5 Å². The lowest BCUT2D eigenvalue weighted by molar-refractivity contribution is -0.172. The van der Waals surface area contributed by atoms with Crippen LogP contribution in [0.15, 0.2) is 24.3 Å². The van der Waals surface area contributed by atoms with Gasteiger partial charge in [0, 0.05) is 11.6 Å². The van der Waals surface area contributed by atoms with Crippen molar-refractivity contribution in [2.24, 2.45) is 0 Å². The van der Waals surface area contributed by atoms with Crippen LogP contribution in [-0.4, -0.2) is 51.1 Å². The number of amides is 1. The van der Waals surface area contributed by atoms with Gasteiger partial charge in [0.1, 0.15) is 0 Å². The van der Waals surface area contributed by atoms with Crippen LogP contribution in [0.1, 0.15) is 29.5 Å². The van der Waals surface area contributed by atoms with Crippen molar-refractivity contribution in [3.8, 4) is 5.69 Å². The van der Waals surface area contributed by atoms with E-state index in [0.29, 0.717) is 30.4 Å². The highest BCUT2D eigenvalue weighted by molar-refractivity contribution is 6.30. The summed E-state index contributed by atoms with van der Waals surface area (Å²) in [6.07, 6.45) is 1.67. The summed E-state index contributed by atoms with van der Waals surface area (Å²) in [5.41, 5.74) is 1.95. The van der Waals surface area contributed by atoms with E-state index in [1.807, 2.05) is 30.0 Å². The highest BCUT2D eigenvalue weighted by Crippen LogP contribution is 2.38. The first-order chi connectivity index (χ1) is 11.1. The molecule has 1 spiro atoms. The molecule has 7 heteroatoms. The van der Waals surface area contributed by atoms with E-state index in [1.54, 1.807) is 10.7 Å². The van der Waals surface area contributed by atoms with E-state index in [0.717, 1.165) is 24.3 Å². The van der Waals surface area contributed by atoms with E-state index in [1.165, 1.54) is 0 Å². The van der Waals surface area contributed by atoms with Gasteiger partial charge in [-0.15, -0.1) is 5.10 Å². The molecule has 2 fully saturated rings. The molecule has 0 N–H and O–H groups in total. The van der Waals surface area contributed by atoms with Crippen molar-refractivity contribution in [1.29, 1.82) is 0 Å². The molecule has 1 amide bonds. The van der Waals surface area contributed by atoms with Gasteiger partial charge in [-0.1, -0.05) is 29.8 Å². The van der Waals surface area contributed by atoms with Gasteiger partial charge in [0.25, 0.3) is 5.91 Å². The second-order valence-corrected chi connectivity index (χ2v) is 6.49. The number of halogens is 1. The summed E-state index contributed by atoms with van der Waals surface area (Å²) in [5, 5.41) is 8.96. The first kappa shape index (κ1) is 14.7. The predicted octanol–water partition coefficient (Wildman–Crippen LogP) is 2.10. The lowest BCUT2D eigenvalue weighted by atomic mass is 9.82. The van der Waals surface area contributed by atoms with Gasteiger partial charge < -0.3 is 9.64 Å². The van der Waals surface area contributed by atoms with Crippen LogP contribution in [-0.2, 0) is 11.2 Å². The standard InChI is InChI=1S/C16H17ClN4O2/c1-2-13-14(15(22)20-7-6-16(20)9-23-10-16)18-19-21(13)12-5-3-4-11(17)8-12/h3-5,8H,2,6-7,9-10H2,1H3. The van der Waals surface area contributed by atoms with Gasteiger partial charge >= 0.3 is 0 Å². The molecular formula is C16H17ClN4O2. The van der Waals surface area contributed by atoms with E-state index < -0.39 is 0 Å². The maximum Gasteiger partial charge on any atom is 0.276 e. The number of rotatable bonds is 3. The van der Waals surface area contributed by atoms with Gasteiger partial charge in [-0.3, -0.25) is 4.79 Å². The Balaban J connectivity index is 1.69. The summed E-state index contributed by atoms with van der Waals surface area (Å²) >= 11 is 6.05. The van der Waals surface area contributed by atoms with Gasteiger partial charge in [0.15, 0.2) is 5.69 Å². The molecule has 23 heavy (non-hydrogen) atoms. The monoisotopic (exact) mass is 332 g/mol. The molecule has 0 unspecified atom stereocenters. The van der Waals surface area contributed by atoms with E-state index in [2.05, 4.69) is 10.3 Å². The van der Waals surface area contributed by atoms with Gasteiger partial charge in [0.2, 0.25) is 0 Å². The fourth-order valence-corrected chi connectivity index (χ4v) is 3.41. The SMILES string of the molecule is CCc1c(C(=O)N2CCC23COC3)nnn1-c1cccc(Cl)c1. The quantitative estimate of drug-likeness (QED) is 0.863. The van der Waals surface area contributed by atoms with Crippen LogP contribution in [0, 0.1) is 0 Å². The molecule has 2 aromatic rings. The Labute approximate surface area is 139 Å². The number of hydrogen-bond acceptors (Lipinski definition) is 4. The summed E-state index contributed by atoms with van der Waals surface area (Å²) < 4.78 is 6.99. The molecule has 120 valence electrons. The molecule has 0 bridgehead atoms. The average molecular weight is 333 g/mol. The number of likely N-dealkylation sites (tertiary alicyclic amines) is 1. The van der Waals surface area contributed by atoms with Crippen LogP contribution in [0.25, 0.3) is 5.69 Å². The van der Waals surface area contributed by atoms with Crippen molar-refractivity contribution in [3.05, 3.63) is 40.7 Å². The van der Waals surface area contributed by atoms with Crippen LogP contribution in [0.2, 0.25) is 5.02 Å². The number of carbonyl (C=O) groups excluding carboxylic acids is 1. The van der Waals surface area contributed by atoms with Gasteiger partial charge in [-0.2, -0.15) is 0 Å². The summed E-state index contributed by atoms with van der Waals surface area (Å²) in [6, 6.07) is 7.38. The number of hydrogen-bond donors (Lipinski definition) is 0. The molecular weight excluding hydrogens is 316 g/mol. The molecule has 3 heterocycles. The molecule has 1 aromatic heterocycles. The maximum atomic E-state index is 12.9. The van der Waals surface area contributed by atoms with Crippen molar-refractivity contribution in [2.75, 3.05) is 19.8 Å². The van der Waals surface area contributed by atoms with Crippen molar-refractivity contribution in [2.45, 2.75) is 25.3 Å². The van der Waals surface area contributed by atoms with Gasteiger partial charge in [0.05, 0.1) is 30.1 Å². The van der Waals surface area contributed by atoms with E-state index in [-0.39, 0.29) is 11.4 Å². The number of carbonyl (C=O) groups is 1. The van der Waals surface area contributed by atoms with Crippen LogP contribution in [0.3, 0.4) is 0 Å². The zero-order valence-electron chi connectivity index (χ0n) is 12.8. The molecule has 2 saturated heterocycles. The fraction of sp³-hybridized carbons (Fsp3) is 0.438. The topological polar surface area (TPSA) is 60.3 Å². The summed E-state index contributed by atoms with van der Waals surface area (Å²) in [5.74, 6) is -0.0512. The molecule has 4 rings (SSSR count). The average Bonchev–Trinajstić information content (AvgIpc) is 2.88. The van der Waals surface area contributed by atoms with E-state index in [4.69, 9.17) is 16.3 Å². The third-order valence-corrected chi connectivity index (χ3v) is 4.95. The van der Waals surface area contributed by atoms with E-state index in [9.17, 15) is 4.79 Å². The number of benzene rings is 1. The van der Waals surface area contributed by atoms with Crippen LogP contribution in [0.5, 0.6) is 0 Å². The summed E-state index contributed by atoms with van der Waals surface area (Å²) in [6.45, 7) is 4.01. The minimum absolute atomic E-state index is 0.0512. The normalized spacial score (nSPS) is 18.6. The summed E-state index contributed by atoms with van der Waals surface area (Å²) in [4.78, 5) is 14.7. The minimum atomic E-state index is -0.0953. The molecule has 1 aromatic carbocycles. The van der Waals surface area contributed by atoms with Crippen LogP contribution < -0.4 is 0 Å². The van der Waals surface area contributed by atoms with Crippen LogP contribution in [0.4, 0.5) is 0 Å². The molecule has 0 saturated carbocycles. The smallest absolute Gasteiger partial charge is 0.276 e. The maximum absolute atomic E-state index is 12.9. The Morgan fingerprint density at radius 2 is 2.26 bits per heavy atom. The third-order valence-electron chi connectivity index (χ3n) is 4.71. The largest absolute Gasteiger partial charge is 0.376 e. The van der Waals surface area contributed by atoms with Crippen LogP contribution >= 0.6 is 11.6 Å². The lowest BCUT2D eigenvalue weighted by Gasteiger charge is -2.57. The Morgan fingerprint density at radius 3 is 2.83 bits per heavy atom. The Bertz CT molecular complexity index is 764. The predicted molar refractivity (Wildman–Crippen MR) is 85.0 cm³/mol. The number of ether oxygens (including phenoxy) is 1. The molecule has 2 aliphatic rings. The lowest BCUT2D eigenvalue weighted by Crippen LogP contribution is -2.72. The zero-order valence-corrected chi connectivity index (χ0v) is 13.6. The first-order valence-electron chi connectivity index (χ1n) is 7.75. The van der Waals surface area contributed by atoms with E-state index >= 15 is 0 Å². The zero-order chi connectivity index (χ0) is 16.0. The Morgan fingerprint density at radius 1 is 1.43 bits per heavy atom. The molecule has 6 nitrogen and oxygen atoms in total. The molecule has 0 aliphatic carbocycles. The number of nitrogens with zero attached hydrogens (tertiary/aromatic N) is 4. The summed E-state index contributed by atoms with van der Waals surface area (Å²) in [7, 11) is 0. The van der Waals surface area contributed by atoms with Crippen molar-refractivity contribution in [3.63, 3.8) is 0 Å². The second-order valence-electron chi connectivity index (χ2n) is 6.05. The van der Waals surface area contributed by atoms with Gasteiger partial charge in [-0.25, -0.2) is 4.68 Å². The first-order valence-corrected chi connectivity index (χ1v) is 8.13. The molecule has 2 aliphatic heterocycles. The highest BCUT2D eigenvalue weighted by Gasteiger charge is 2.53. The number of aromatic nitrogens is 3. The minimum Gasteiger partial charge on any atom is -0.376 e. The Kier molecular flexibility index (Phi) is 3.39. The van der Waals surface area contributed by atoms with Crippen molar-refractivity contribution in [1.82, 2.24) is 19.9 Å².